The van der Waals surface area contributed by atoms with Crippen LogP contribution in [0.2, 0.25) is 0 Å². The lowest BCUT2D eigenvalue weighted by Gasteiger charge is -2.30. The van der Waals surface area contributed by atoms with Crippen molar-refractivity contribution in [3.8, 4) is 0 Å². The van der Waals surface area contributed by atoms with Gasteiger partial charge in [0.25, 0.3) is 0 Å². The molecule has 0 spiro atoms. The Morgan fingerprint density at radius 2 is 1.96 bits per heavy atom. The Balaban J connectivity index is 2.04. The summed E-state index contributed by atoms with van der Waals surface area (Å²) in [6.07, 6.45) is 2.03. The number of sulfonamides is 1. The first kappa shape index (κ1) is 21.7. The highest BCUT2D eigenvalue weighted by Gasteiger charge is 2.28. The van der Waals surface area contributed by atoms with Crippen molar-refractivity contribution >= 4 is 16.0 Å². The molecule has 0 bridgehead atoms. The first-order valence-electron chi connectivity index (χ1n) is 9.94. The van der Waals surface area contributed by atoms with Crippen molar-refractivity contribution in [1.82, 2.24) is 14.9 Å². The minimum Gasteiger partial charge on any atom is -0.357 e. The SMILES string of the molecule is CCNC(=NCc1ccc(S(=O)(=O)N2CCCC(C)C2)cc1)NCC(C)C. The third-order valence-electron chi connectivity index (χ3n) is 4.62. The summed E-state index contributed by atoms with van der Waals surface area (Å²) in [5.74, 6) is 1.74. The maximum absolute atomic E-state index is 12.8. The Bertz CT molecular complexity index is 714. The van der Waals surface area contributed by atoms with Crippen molar-refractivity contribution in [3.05, 3.63) is 29.8 Å². The third-order valence-corrected chi connectivity index (χ3v) is 6.50. The van der Waals surface area contributed by atoms with E-state index < -0.39 is 10.0 Å². The van der Waals surface area contributed by atoms with Gasteiger partial charge < -0.3 is 10.6 Å². The van der Waals surface area contributed by atoms with Crippen molar-refractivity contribution in [2.24, 2.45) is 16.8 Å². The van der Waals surface area contributed by atoms with E-state index in [1.54, 1.807) is 16.4 Å². The molecule has 6 nitrogen and oxygen atoms in total. The Hall–Kier alpha value is -1.60. The summed E-state index contributed by atoms with van der Waals surface area (Å²) in [6.45, 7) is 11.8. The normalized spacial score (nSPS) is 19.3. The molecule has 27 heavy (non-hydrogen) atoms. The van der Waals surface area contributed by atoms with E-state index in [1.165, 1.54) is 0 Å². The number of nitrogens with zero attached hydrogens (tertiary/aromatic N) is 2. The lowest BCUT2D eigenvalue weighted by molar-refractivity contribution is 0.281. The van der Waals surface area contributed by atoms with Crippen LogP contribution in [0.15, 0.2) is 34.2 Å². The van der Waals surface area contributed by atoms with Gasteiger partial charge in [-0.15, -0.1) is 0 Å². The highest BCUT2D eigenvalue weighted by atomic mass is 32.2. The average Bonchev–Trinajstić information content (AvgIpc) is 2.64. The van der Waals surface area contributed by atoms with Crippen LogP contribution in [-0.2, 0) is 16.6 Å². The van der Waals surface area contributed by atoms with Gasteiger partial charge in [0, 0.05) is 26.2 Å². The van der Waals surface area contributed by atoms with Crippen LogP contribution in [0, 0.1) is 11.8 Å². The second-order valence-corrected chi connectivity index (χ2v) is 9.66. The molecule has 152 valence electrons. The second kappa shape index (κ2) is 10.1. The summed E-state index contributed by atoms with van der Waals surface area (Å²) in [4.78, 5) is 4.95. The van der Waals surface area contributed by atoms with Gasteiger partial charge in [-0.05, 0) is 49.3 Å². The van der Waals surface area contributed by atoms with Gasteiger partial charge in [-0.3, -0.25) is 0 Å². The van der Waals surface area contributed by atoms with Gasteiger partial charge in [0.15, 0.2) is 5.96 Å². The first-order chi connectivity index (χ1) is 12.8. The van der Waals surface area contributed by atoms with Gasteiger partial charge in [-0.25, -0.2) is 13.4 Å². The van der Waals surface area contributed by atoms with Crippen LogP contribution in [0.25, 0.3) is 0 Å². The molecule has 2 N–H and O–H groups in total. The number of hydrogen-bond donors (Lipinski definition) is 2. The van der Waals surface area contributed by atoms with Gasteiger partial charge in [0.05, 0.1) is 11.4 Å². The predicted molar refractivity (Wildman–Crippen MR) is 111 cm³/mol. The van der Waals surface area contributed by atoms with Crippen molar-refractivity contribution < 1.29 is 8.42 Å². The summed E-state index contributed by atoms with van der Waals surface area (Å²) in [5.41, 5.74) is 0.989. The number of piperidine rings is 1. The summed E-state index contributed by atoms with van der Waals surface area (Å²) in [7, 11) is -3.40. The number of hydrogen-bond acceptors (Lipinski definition) is 3. The molecular weight excluding hydrogens is 360 g/mol. The van der Waals surface area contributed by atoms with Crippen LogP contribution in [-0.4, -0.2) is 44.9 Å². The van der Waals surface area contributed by atoms with Gasteiger partial charge in [-0.1, -0.05) is 32.9 Å². The van der Waals surface area contributed by atoms with E-state index in [-0.39, 0.29) is 0 Å². The number of aliphatic imine (C=N–C) groups is 1. The van der Waals surface area contributed by atoms with E-state index in [1.807, 2.05) is 19.1 Å². The molecule has 1 fully saturated rings. The lowest BCUT2D eigenvalue weighted by Crippen LogP contribution is -2.39. The smallest absolute Gasteiger partial charge is 0.243 e. The van der Waals surface area contributed by atoms with Crippen LogP contribution in [0.4, 0.5) is 0 Å². The fourth-order valence-electron chi connectivity index (χ4n) is 3.09. The topological polar surface area (TPSA) is 73.8 Å². The van der Waals surface area contributed by atoms with Crippen LogP contribution in [0.5, 0.6) is 0 Å². The van der Waals surface area contributed by atoms with Gasteiger partial charge in [0.2, 0.25) is 10.0 Å². The molecule has 0 aromatic heterocycles. The fourth-order valence-corrected chi connectivity index (χ4v) is 4.69. The number of guanidine groups is 1. The molecule has 0 amide bonds. The molecule has 2 rings (SSSR count). The Morgan fingerprint density at radius 1 is 1.26 bits per heavy atom. The highest BCUT2D eigenvalue weighted by Crippen LogP contribution is 2.23. The molecule has 7 heteroatoms. The number of benzene rings is 1. The van der Waals surface area contributed by atoms with E-state index in [0.717, 1.165) is 37.5 Å². The van der Waals surface area contributed by atoms with Crippen LogP contribution in [0.3, 0.4) is 0 Å². The predicted octanol–water partition coefficient (Wildman–Crippen LogP) is 2.82. The Morgan fingerprint density at radius 3 is 2.56 bits per heavy atom. The Labute approximate surface area is 164 Å². The molecule has 1 saturated heterocycles. The molecule has 1 aliphatic heterocycles. The molecule has 1 aromatic rings. The minimum absolute atomic E-state index is 0.370. The molecule has 0 aliphatic carbocycles. The summed E-state index contributed by atoms with van der Waals surface area (Å²) < 4.78 is 27.3. The summed E-state index contributed by atoms with van der Waals surface area (Å²) >= 11 is 0. The highest BCUT2D eigenvalue weighted by molar-refractivity contribution is 7.89. The largest absolute Gasteiger partial charge is 0.357 e. The standard InChI is InChI=1S/C20H34N4O2S/c1-5-21-20(22-13-16(2)3)23-14-18-8-10-19(11-9-18)27(25,26)24-12-6-7-17(4)15-24/h8-11,16-17H,5-7,12-15H2,1-4H3,(H2,21,22,23). The van der Waals surface area contributed by atoms with E-state index in [9.17, 15) is 8.42 Å². The zero-order chi connectivity index (χ0) is 19.9. The molecular formula is C20H34N4O2S. The maximum atomic E-state index is 12.8. The van der Waals surface area contributed by atoms with Crippen molar-refractivity contribution in [1.29, 1.82) is 0 Å². The minimum atomic E-state index is -3.40. The van der Waals surface area contributed by atoms with Crippen LogP contribution >= 0.6 is 0 Å². The first-order valence-corrected chi connectivity index (χ1v) is 11.4. The molecule has 1 aromatic carbocycles. The van der Waals surface area contributed by atoms with Crippen molar-refractivity contribution in [3.63, 3.8) is 0 Å². The molecule has 0 saturated carbocycles. The van der Waals surface area contributed by atoms with E-state index in [0.29, 0.717) is 36.4 Å². The van der Waals surface area contributed by atoms with E-state index in [2.05, 4.69) is 36.4 Å². The molecule has 0 radical (unpaired) electrons. The van der Waals surface area contributed by atoms with Crippen LogP contribution < -0.4 is 10.6 Å². The maximum Gasteiger partial charge on any atom is 0.243 e. The third kappa shape index (κ3) is 6.50. The summed E-state index contributed by atoms with van der Waals surface area (Å²) in [5, 5.41) is 6.54. The van der Waals surface area contributed by atoms with Gasteiger partial charge in [-0.2, -0.15) is 4.31 Å². The van der Waals surface area contributed by atoms with Crippen LogP contribution in [0.1, 0.15) is 46.1 Å². The molecule has 1 unspecified atom stereocenters. The zero-order valence-corrected chi connectivity index (χ0v) is 17.8. The monoisotopic (exact) mass is 394 g/mol. The van der Waals surface area contributed by atoms with Gasteiger partial charge in [0.1, 0.15) is 0 Å². The van der Waals surface area contributed by atoms with E-state index in [4.69, 9.17) is 0 Å². The average molecular weight is 395 g/mol. The van der Waals surface area contributed by atoms with Crippen molar-refractivity contribution in [2.45, 2.75) is 52.0 Å². The molecule has 1 aliphatic rings. The summed E-state index contributed by atoms with van der Waals surface area (Å²) in [6, 6.07) is 7.12. The van der Waals surface area contributed by atoms with Crippen molar-refractivity contribution in [2.75, 3.05) is 26.2 Å². The quantitative estimate of drug-likeness (QED) is 0.551. The second-order valence-electron chi connectivity index (χ2n) is 7.72. The molecule has 1 heterocycles. The number of nitrogens with one attached hydrogen (secondary N) is 2. The van der Waals surface area contributed by atoms with E-state index >= 15 is 0 Å². The Kier molecular flexibility index (Phi) is 8.10. The lowest BCUT2D eigenvalue weighted by atomic mass is 10.0. The molecule has 1 atom stereocenters. The zero-order valence-electron chi connectivity index (χ0n) is 17.0. The van der Waals surface area contributed by atoms with Gasteiger partial charge >= 0.3 is 0 Å². The number of rotatable bonds is 7. The fraction of sp³-hybridized carbons (Fsp3) is 0.650.